The number of hydrogen-bond acceptors (Lipinski definition) is 3. The highest BCUT2D eigenvalue weighted by atomic mass is 32.1. The SMILES string of the molecule is CC(=S)NCC(CCC(=O)O)NC(C)=S. The number of rotatable bonds is 6. The Morgan fingerprint density at radius 1 is 1.33 bits per heavy atom. The molecule has 0 spiro atoms. The normalized spacial score (nSPS) is 11.6. The van der Waals surface area contributed by atoms with Gasteiger partial charge < -0.3 is 15.7 Å². The Bertz CT molecular complexity index is 238. The number of carboxylic acids is 1. The van der Waals surface area contributed by atoms with E-state index in [1.807, 2.05) is 0 Å². The second kappa shape index (κ2) is 7.53. The third kappa shape index (κ3) is 9.55. The largest absolute Gasteiger partial charge is 0.481 e. The summed E-state index contributed by atoms with van der Waals surface area (Å²) < 4.78 is 0. The maximum atomic E-state index is 10.4. The smallest absolute Gasteiger partial charge is 0.303 e. The standard InChI is InChI=1S/C9H16N2O2S2/c1-6(14)10-5-8(11-7(2)15)3-4-9(12)13/h8H,3-5H2,1-2H3,(H,10,14)(H,11,15)(H,12,13). The van der Waals surface area contributed by atoms with E-state index in [0.717, 1.165) is 0 Å². The lowest BCUT2D eigenvalue weighted by molar-refractivity contribution is -0.137. The summed E-state index contributed by atoms with van der Waals surface area (Å²) in [7, 11) is 0. The van der Waals surface area contributed by atoms with Crippen molar-refractivity contribution in [3.63, 3.8) is 0 Å². The molecule has 0 bridgehead atoms. The zero-order valence-electron chi connectivity index (χ0n) is 8.87. The lowest BCUT2D eigenvalue weighted by Gasteiger charge is -2.19. The molecule has 0 saturated heterocycles. The van der Waals surface area contributed by atoms with Gasteiger partial charge >= 0.3 is 5.97 Å². The summed E-state index contributed by atoms with van der Waals surface area (Å²) in [6, 6.07) is 0.0106. The van der Waals surface area contributed by atoms with Crippen molar-refractivity contribution < 1.29 is 9.90 Å². The maximum absolute atomic E-state index is 10.4. The minimum absolute atomic E-state index is 0.0106. The van der Waals surface area contributed by atoms with Crippen LogP contribution >= 0.6 is 24.4 Å². The molecule has 3 N–H and O–H groups in total. The van der Waals surface area contributed by atoms with Gasteiger partial charge in [-0.1, -0.05) is 24.4 Å². The molecule has 6 heteroatoms. The molecule has 0 saturated carbocycles. The van der Waals surface area contributed by atoms with Gasteiger partial charge in [-0.2, -0.15) is 0 Å². The molecule has 0 rings (SSSR count). The molecule has 0 aliphatic rings. The molecule has 0 radical (unpaired) electrons. The molecule has 0 aromatic carbocycles. The van der Waals surface area contributed by atoms with Crippen LogP contribution < -0.4 is 10.6 Å². The molecular formula is C9H16N2O2S2. The summed E-state index contributed by atoms with van der Waals surface area (Å²) in [5, 5.41) is 14.6. The van der Waals surface area contributed by atoms with E-state index < -0.39 is 5.97 Å². The topological polar surface area (TPSA) is 61.4 Å². The molecule has 0 aromatic rings. The molecule has 1 atom stereocenters. The van der Waals surface area contributed by atoms with Gasteiger partial charge in [-0.05, 0) is 20.3 Å². The van der Waals surface area contributed by atoms with E-state index in [-0.39, 0.29) is 12.5 Å². The van der Waals surface area contributed by atoms with Gasteiger partial charge in [-0.3, -0.25) is 4.79 Å². The van der Waals surface area contributed by atoms with Gasteiger partial charge in [0.05, 0.1) is 9.98 Å². The van der Waals surface area contributed by atoms with Gasteiger partial charge in [0, 0.05) is 19.0 Å². The van der Waals surface area contributed by atoms with Crippen molar-refractivity contribution in [2.75, 3.05) is 6.54 Å². The third-order valence-electron chi connectivity index (χ3n) is 1.71. The Kier molecular flexibility index (Phi) is 7.15. The van der Waals surface area contributed by atoms with E-state index in [0.29, 0.717) is 22.9 Å². The van der Waals surface area contributed by atoms with Crippen LogP contribution in [0, 0.1) is 0 Å². The van der Waals surface area contributed by atoms with Gasteiger partial charge in [0.25, 0.3) is 0 Å². The molecular weight excluding hydrogens is 232 g/mol. The first kappa shape index (κ1) is 14.2. The van der Waals surface area contributed by atoms with Crippen LogP contribution in [0.4, 0.5) is 0 Å². The van der Waals surface area contributed by atoms with Gasteiger partial charge in [0.1, 0.15) is 0 Å². The van der Waals surface area contributed by atoms with E-state index in [2.05, 4.69) is 10.6 Å². The minimum atomic E-state index is -0.803. The Labute approximate surface area is 100 Å². The summed E-state index contributed by atoms with van der Waals surface area (Å²) >= 11 is 9.79. The minimum Gasteiger partial charge on any atom is -0.481 e. The molecule has 0 amide bonds. The van der Waals surface area contributed by atoms with E-state index in [9.17, 15) is 4.79 Å². The number of thiocarbonyl (C=S) groups is 2. The summed E-state index contributed by atoms with van der Waals surface area (Å²) in [6.45, 7) is 4.15. The molecule has 1 unspecified atom stereocenters. The second-order valence-corrected chi connectivity index (χ2v) is 4.49. The van der Waals surface area contributed by atoms with Crippen LogP contribution in [0.1, 0.15) is 26.7 Å². The van der Waals surface area contributed by atoms with Gasteiger partial charge in [0.2, 0.25) is 0 Å². The summed E-state index contributed by atoms with van der Waals surface area (Å²) in [6.07, 6.45) is 0.650. The molecule has 0 heterocycles. The van der Waals surface area contributed by atoms with Crippen LogP contribution in [-0.4, -0.2) is 33.6 Å². The van der Waals surface area contributed by atoms with Gasteiger partial charge in [0.15, 0.2) is 0 Å². The highest BCUT2D eigenvalue weighted by Crippen LogP contribution is 1.97. The van der Waals surface area contributed by atoms with Crippen LogP contribution in [0.5, 0.6) is 0 Å². The number of carboxylic acid groups (broad SMARTS) is 1. The second-order valence-electron chi connectivity index (χ2n) is 3.27. The zero-order chi connectivity index (χ0) is 11.8. The highest BCUT2D eigenvalue weighted by Gasteiger charge is 2.10. The van der Waals surface area contributed by atoms with E-state index in [4.69, 9.17) is 29.5 Å². The number of aliphatic carboxylic acids is 1. The van der Waals surface area contributed by atoms with Crippen LogP contribution in [0.25, 0.3) is 0 Å². The first-order valence-corrected chi connectivity index (χ1v) is 5.46. The van der Waals surface area contributed by atoms with Crippen molar-refractivity contribution in [3.05, 3.63) is 0 Å². The highest BCUT2D eigenvalue weighted by molar-refractivity contribution is 7.80. The Balaban J connectivity index is 3.99. The van der Waals surface area contributed by atoms with E-state index in [1.165, 1.54) is 0 Å². The predicted octanol–water partition coefficient (Wildman–Crippen LogP) is 1.09. The van der Waals surface area contributed by atoms with Crippen LogP contribution in [0.15, 0.2) is 0 Å². The van der Waals surface area contributed by atoms with Gasteiger partial charge in [-0.15, -0.1) is 0 Å². The Morgan fingerprint density at radius 3 is 2.33 bits per heavy atom. The lowest BCUT2D eigenvalue weighted by atomic mass is 10.1. The summed E-state index contributed by atoms with van der Waals surface area (Å²) in [4.78, 5) is 11.8. The van der Waals surface area contributed by atoms with Crippen LogP contribution in [-0.2, 0) is 4.79 Å². The van der Waals surface area contributed by atoms with E-state index in [1.54, 1.807) is 13.8 Å². The number of carbonyl (C=O) groups is 1. The summed E-state index contributed by atoms with van der Waals surface area (Å²) in [5.41, 5.74) is 0. The van der Waals surface area contributed by atoms with Crippen molar-refractivity contribution in [2.24, 2.45) is 0 Å². The fourth-order valence-electron chi connectivity index (χ4n) is 1.08. The fourth-order valence-corrected chi connectivity index (χ4v) is 1.33. The van der Waals surface area contributed by atoms with Crippen molar-refractivity contribution in [2.45, 2.75) is 32.7 Å². The van der Waals surface area contributed by atoms with Crippen molar-refractivity contribution >= 4 is 40.4 Å². The molecule has 0 aliphatic heterocycles. The first-order chi connectivity index (χ1) is 6.91. The van der Waals surface area contributed by atoms with Gasteiger partial charge in [-0.25, -0.2) is 0 Å². The monoisotopic (exact) mass is 248 g/mol. The molecule has 86 valence electrons. The Morgan fingerprint density at radius 2 is 1.93 bits per heavy atom. The van der Waals surface area contributed by atoms with Crippen LogP contribution in [0.2, 0.25) is 0 Å². The summed E-state index contributed by atoms with van der Waals surface area (Å²) in [5.74, 6) is -0.803. The lowest BCUT2D eigenvalue weighted by Crippen LogP contribution is -2.41. The molecule has 0 aliphatic carbocycles. The molecule has 4 nitrogen and oxygen atoms in total. The fraction of sp³-hybridized carbons (Fsp3) is 0.667. The van der Waals surface area contributed by atoms with Crippen molar-refractivity contribution in [1.82, 2.24) is 10.6 Å². The number of hydrogen-bond donors (Lipinski definition) is 3. The number of nitrogens with one attached hydrogen (secondary N) is 2. The quantitative estimate of drug-likeness (QED) is 0.612. The van der Waals surface area contributed by atoms with Crippen LogP contribution in [0.3, 0.4) is 0 Å². The maximum Gasteiger partial charge on any atom is 0.303 e. The van der Waals surface area contributed by atoms with Crippen molar-refractivity contribution in [1.29, 1.82) is 0 Å². The average molecular weight is 248 g/mol. The first-order valence-electron chi connectivity index (χ1n) is 4.65. The van der Waals surface area contributed by atoms with Crippen molar-refractivity contribution in [3.8, 4) is 0 Å². The molecule has 15 heavy (non-hydrogen) atoms. The zero-order valence-corrected chi connectivity index (χ0v) is 10.5. The molecule has 0 fully saturated rings. The Hall–Kier alpha value is -0.750. The molecule has 0 aromatic heterocycles. The van der Waals surface area contributed by atoms with E-state index >= 15 is 0 Å². The average Bonchev–Trinajstić information content (AvgIpc) is 2.08. The predicted molar refractivity (Wildman–Crippen MR) is 68.3 cm³/mol. The third-order valence-corrected chi connectivity index (χ3v) is 1.97.